The van der Waals surface area contributed by atoms with E-state index in [1.165, 1.54) is 12.3 Å². The summed E-state index contributed by atoms with van der Waals surface area (Å²) in [7, 11) is 1.86. The van der Waals surface area contributed by atoms with Gasteiger partial charge in [-0.1, -0.05) is 0 Å². The predicted octanol–water partition coefficient (Wildman–Crippen LogP) is 2.28. The number of hydrogen-bond acceptors (Lipinski definition) is 5. The van der Waals surface area contributed by atoms with Gasteiger partial charge in [-0.2, -0.15) is 18.3 Å². The topological polar surface area (TPSA) is 79.6 Å². The standard InChI is InChI=1S/C19H26F3N7O/c1-3-23-18(29-9-10-30-16(13-29)14-11-27-28(2)12-14)26-8-7-25-17-15(19(20,21)22)5-4-6-24-17/h4-6,11-12,16H,3,7-10,13H2,1-2H3,(H,23,26)(H,24,25). The molecule has 3 heterocycles. The molecule has 2 aromatic heterocycles. The quantitative estimate of drug-likeness (QED) is 0.420. The third kappa shape index (κ3) is 5.62. The van der Waals surface area contributed by atoms with Crippen LogP contribution in [0.3, 0.4) is 0 Å². The van der Waals surface area contributed by atoms with Gasteiger partial charge in [0.25, 0.3) is 0 Å². The normalized spacial score (nSPS) is 17.8. The Bertz CT molecular complexity index is 853. The van der Waals surface area contributed by atoms with E-state index >= 15 is 0 Å². The minimum absolute atomic E-state index is 0.114. The van der Waals surface area contributed by atoms with E-state index in [4.69, 9.17) is 4.74 Å². The Morgan fingerprint density at radius 3 is 2.93 bits per heavy atom. The minimum Gasteiger partial charge on any atom is -0.370 e. The lowest BCUT2D eigenvalue weighted by atomic mass is 10.1. The number of halogens is 3. The van der Waals surface area contributed by atoms with Crippen molar-refractivity contribution < 1.29 is 17.9 Å². The predicted molar refractivity (Wildman–Crippen MR) is 107 cm³/mol. The number of nitrogens with zero attached hydrogens (tertiary/aromatic N) is 5. The fraction of sp³-hybridized carbons (Fsp3) is 0.526. The van der Waals surface area contributed by atoms with E-state index in [-0.39, 0.29) is 18.5 Å². The number of aryl methyl sites for hydroxylation is 1. The maximum Gasteiger partial charge on any atom is 0.419 e. The maximum absolute atomic E-state index is 13.1. The van der Waals surface area contributed by atoms with Gasteiger partial charge in [-0.25, -0.2) is 4.98 Å². The summed E-state index contributed by atoms with van der Waals surface area (Å²) in [5, 5.41) is 10.2. The van der Waals surface area contributed by atoms with Crippen LogP contribution < -0.4 is 10.6 Å². The summed E-state index contributed by atoms with van der Waals surface area (Å²) in [5.41, 5.74) is 0.211. The van der Waals surface area contributed by atoms with Crippen LogP contribution in [0, 0.1) is 0 Å². The molecular weight excluding hydrogens is 399 g/mol. The molecule has 8 nitrogen and oxygen atoms in total. The third-order valence-corrected chi connectivity index (χ3v) is 4.58. The lowest BCUT2D eigenvalue weighted by Crippen LogP contribution is -2.48. The van der Waals surface area contributed by atoms with Crippen LogP contribution in [0.15, 0.2) is 35.7 Å². The Hall–Kier alpha value is -2.82. The highest BCUT2D eigenvalue weighted by Crippen LogP contribution is 2.33. The number of rotatable bonds is 6. The minimum atomic E-state index is -4.45. The van der Waals surface area contributed by atoms with Crippen LogP contribution in [0.25, 0.3) is 0 Å². The zero-order chi connectivity index (χ0) is 21.6. The van der Waals surface area contributed by atoms with Gasteiger partial charge in [-0.05, 0) is 19.1 Å². The zero-order valence-corrected chi connectivity index (χ0v) is 17.0. The van der Waals surface area contributed by atoms with E-state index in [0.717, 1.165) is 11.6 Å². The van der Waals surface area contributed by atoms with Gasteiger partial charge in [0.05, 0.1) is 31.5 Å². The Kier molecular flexibility index (Phi) is 7.14. The van der Waals surface area contributed by atoms with Crippen LogP contribution in [0.2, 0.25) is 0 Å². The average Bonchev–Trinajstić information content (AvgIpc) is 3.16. The highest BCUT2D eigenvalue weighted by molar-refractivity contribution is 5.80. The van der Waals surface area contributed by atoms with Crippen molar-refractivity contribution in [3.8, 4) is 0 Å². The molecule has 0 spiro atoms. The van der Waals surface area contributed by atoms with E-state index in [9.17, 15) is 13.2 Å². The number of anilines is 1. The molecule has 1 atom stereocenters. The zero-order valence-electron chi connectivity index (χ0n) is 17.0. The van der Waals surface area contributed by atoms with Crippen molar-refractivity contribution in [3.05, 3.63) is 41.9 Å². The first-order chi connectivity index (χ1) is 14.4. The van der Waals surface area contributed by atoms with Crippen molar-refractivity contribution in [2.75, 3.05) is 44.6 Å². The Labute approximate surface area is 173 Å². The van der Waals surface area contributed by atoms with Gasteiger partial charge < -0.3 is 20.3 Å². The number of alkyl halides is 3. The molecule has 0 bridgehead atoms. The molecule has 164 valence electrons. The van der Waals surface area contributed by atoms with Gasteiger partial charge in [-0.15, -0.1) is 0 Å². The molecule has 2 N–H and O–H groups in total. The van der Waals surface area contributed by atoms with Crippen LogP contribution in [-0.4, -0.2) is 65.0 Å². The molecule has 0 aliphatic carbocycles. The lowest BCUT2D eigenvalue weighted by molar-refractivity contribution is -0.137. The molecule has 1 fully saturated rings. The number of guanidine groups is 1. The molecular formula is C19H26F3N7O. The summed E-state index contributed by atoms with van der Waals surface area (Å²) in [6.07, 6.45) is 0.471. The highest BCUT2D eigenvalue weighted by atomic mass is 19.4. The molecule has 3 rings (SSSR count). The van der Waals surface area contributed by atoms with E-state index in [1.54, 1.807) is 10.9 Å². The van der Waals surface area contributed by atoms with E-state index < -0.39 is 11.7 Å². The van der Waals surface area contributed by atoms with Gasteiger partial charge >= 0.3 is 6.18 Å². The average molecular weight is 425 g/mol. The largest absolute Gasteiger partial charge is 0.419 e. The van der Waals surface area contributed by atoms with Gasteiger partial charge in [0.2, 0.25) is 0 Å². The van der Waals surface area contributed by atoms with Crippen molar-refractivity contribution in [1.29, 1.82) is 0 Å². The number of nitrogens with one attached hydrogen (secondary N) is 2. The van der Waals surface area contributed by atoms with Crippen LogP contribution >= 0.6 is 0 Å². The number of morpholine rings is 1. The molecule has 2 aromatic rings. The molecule has 11 heteroatoms. The maximum atomic E-state index is 13.1. The number of ether oxygens (including phenoxy) is 1. The number of aliphatic imine (C=N–C) groups is 1. The molecule has 0 saturated carbocycles. The lowest BCUT2D eigenvalue weighted by Gasteiger charge is -2.34. The van der Waals surface area contributed by atoms with Crippen LogP contribution in [0.1, 0.15) is 24.2 Å². The highest BCUT2D eigenvalue weighted by Gasteiger charge is 2.34. The van der Waals surface area contributed by atoms with Crippen molar-refractivity contribution >= 4 is 11.8 Å². The first-order valence-corrected chi connectivity index (χ1v) is 9.78. The van der Waals surface area contributed by atoms with Crippen LogP contribution in [-0.2, 0) is 18.0 Å². The SMILES string of the molecule is CCNC(=NCCNc1ncccc1C(F)(F)F)N1CCOC(c2cnn(C)c2)C1. The van der Waals surface area contributed by atoms with Crippen molar-refractivity contribution in [2.24, 2.45) is 12.0 Å². The molecule has 30 heavy (non-hydrogen) atoms. The summed E-state index contributed by atoms with van der Waals surface area (Å²) >= 11 is 0. The van der Waals surface area contributed by atoms with Gasteiger partial charge in [0.1, 0.15) is 11.9 Å². The Morgan fingerprint density at radius 2 is 2.23 bits per heavy atom. The molecule has 1 unspecified atom stereocenters. The second kappa shape index (κ2) is 9.79. The first kappa shape index (κ1) is 21.9. The first-order valence-electron chi connectivity index (χ1n) is 9.78. The summed E-state index contributed by atoms with van der Waals surface area (Å²) < 4.78 is 46.8. The number of pyridine rings is 1. The van der Waals surface area contributed by atoms with E-state index in [0.29, 0.717) is 38.7 Å². The van der Waals surface area contributed by atoms with E-state index in [2.05, 4.69) is 30.6 Å². The molecule has 1 aliphatic rings. The smallest absolute Gasteiger partial charge is 0.370 e. The number of aromatic nitrogens is 3. The molecule has 0 aromatic carbocycles. The molecule has 1 saturated heterocycles. The van der Waals surface area contributed by atoms with Crippen molar-refractivity contribution in [3.63, 3.8) is 0 Å². The second-order valence-electron chi connectivity index (χ2n) is 6.81. The van der Waals surface area contributed by atoms with Crippen molar-refractivity contribution in [1.82, 2.24) is 25.0 Å². The third-order valence-electron chi connectivity index (χ3n) is 4.58. The Balaban J connectivity index is 1.61. The van der Waals surface area contributed by atoms with Gasteiger partial charge in [-0.3, -0.25) is 9.67 Å². The molecule has 0 amide bonds. The second-order valence-corrected chi connectivity index (χ2v) is 6.81. The monoisotopic (exact) mass is 425 g/mol. The molecule has 1 aliphatic heterocycles. The molecule has 0 radical (unpaired) electrons. The Morgan fingerprint density at radius 1 is 1.40 bits per heavy atom. The summed E-state index contributed by atoms with van der Waals surface area (Å²) in [4.78, 5) is 10.5. The van der Waals surface area contributed by atoms with E-state index in [1.807, 2.05) is 20.2 Å². The van der Waals surface area contributed by atoms with Crippen molar-refractivity contribution in [2.45, 2.75) is 19.2 Å². The number of hydrogen-bond donors (Lipinski definition) is 2. The van der Waals surface area contributed by atoms with Gasteiger partial charge in [0, 0.05) is 44.6 Å². The fourth-order valence-corrected chi connectivity index (χ4v) is 3.19. The summed E-state index contributed by atoms with van der Waals surface area (Å²) in [6, 6.07) is 2.28. The van der Waals surface area contributed by atoms with Crippen LogP contribution in [0.5, 0.6) is 0 Å². The summed E-state index contributed by atoms with van der Waals surface area (Å²) in [5.74, 6) is 0.516. The van der Waals surface area contributed by atoms with Gasteiger partial charge in [0.15, 0.2) is 5.96 Å². The summed E-state index contributed by atoms with van der Waals surface area (Å²) in [6.45, 7) is 5.01. The van der Waals surface area contributed by atoms with Crippen LogP contribution in [0.4, 0.5) is 19.0 Å². The fourth-order valence-electron chi connectivity index (χ4n) is 3.19.